The van der Waals surface area contributed by atoms with Gasteiger partial charge >= 0.3 is 6.03 Å². The number of methoxy groups -OCH3 is 1. The molecule has 0 aliphatic carbocycles. The molecule has 0 spiro atoms. The Morgan fingerprint density at radius 1 is 1.48 bits per heavy atom. The summed E-state index contributed by atoms with van der Waals surface area (Å²) < 4.78 is 4.93. The monoisotopic (exact) mass is 344 g/mol. The van der Waals surface area contributed by atoms with Crippen LogP contribution in [0.4, 0.5) is 4.79 Å². The van der Waals surface area contributed by atoms with E-state index in [4.69, 9.17) is 10.00 Å². The maximum Gasteiger partial charge on any atom is 0.325 e. The Hall–Kier alpha value is -2.92. The standard InChI is InChI=1S/C17H20N4O4/c1-11(10-25-3)19-14(22)9-21-15(23)17(2,20-16(21)24)13-6-4-5-12(7-13)8-18/h4-7,11H,9-10H2,1-3H3,(H,19,22)(H,20,24)/t11-,17+/m0/s1. The van der Waals surface area contributed by atoms with Crippen LogP contribution in [-0.4, -0.2) is 49.0 Å². The van der Waals surface area contributed by atoms with Gasteiger partial charge in [-0.2, -0.15) is 5.26 Å². The van der Waals surface area contributed by atoms with E-state index in [9.17, 15) is 14.4 Å². The highest BCUT2D eigenvalue weighted by atomic mass is 16.5. The van der Waals surface area contributed by atoms with Gasteiger partial charge in [0, 0.05) is 13.2 Å². The van der Waals surface area contributed by atoms with Crippen LogP contribution in [0.2, 0.25) is 0 Å². The molecule has 1 aromatic rings. The lowest BCUT2D eigenvalue weighted by molar-refractivity contribution is -0.135. The van der Waals surface area contributed by atoms with Crippen LogP contribution in [0.3, 0.4) is 0 Å². The average Bonchev–Trinajstić information content (AvgIpc) is 2.79. The van der Waals surface area contributed by atoms with Crippen LogP contribution in [0.25, 0.3) is 0 Å². The minimum Gasteiger partial charge on any atom is -0.383 e. The molecule has 2 atom stereocenters. The van der Waals surface area contributed by atoms with Crippen molar-refractivity contribution in [3.05, 3.63) is 35.4 Å². The Morgan fingerprint density at radius 2 is 2.20 bits per heavy atom. The first-order chi connectivity index (χ1) is 11.8. The molecule has 1 aliphatic heterocycles. The number of carbonyl (C=O) groups excluding carboxylic acids is 3. The summed E-state index contributed by atoms with van der Waals surface area (Å²) in [6.07, 6.45) is 0. The second-order valence-corrected chi connectivity index (χ2v) is 6.06. The molecular weight excluding hydrogens is 324 g/mol. The summed E-state index contributed by atoms with van der Waals surface area (Å²) in [5, 5.41) is 14.3. The minimum absolute atomic E-state index is 0.239. The van der Waals surface area contributed by atoms with Gasteiger partial charge in [-0.25, -0.2) is 4.79 Å². The third-order valence-corrected chi connectivity index (χ3v) is 3.97. The van der Waals surface area contributed by atoms with Gasteiger partial charge in [0.25, 0.3) is 5.91 Å². The van der Waals surface area contributed by atoms with E-state index in [2.05, 4.69) is 10.6 Å². The van der Waals surface area contributed by atoms with E-state index in [1.165, 1.54) is 7.11 Å². The molecule has 132 valence electrons. The summed E-state index contributed by atoms with van der Waals surface area (Å²) in [5.74, 6) is -0.995. The van der Waals surface area contributed by atoms with Gasteiger partial charge in [0.2, 0.25) is 5.91 Å². The zero-order valence-electron chi connectivity index (χ0n) is 14.3. The first-order valence-electron chi connectivity index (χ1n) is 7.75. The number of urea groups is 1. The van der Waals surface area contributed by atoms with Crippen LogP contribution >= 0.6 is 0 Å². The minimum atomic E-state index is -1.32. The van der Waals surface area contributed by atoms with Gasteiger partial charge in [0.1, 0.15) is 12.1 Å². The Labute approximate surface area is 145 Å². The highest BCUT2D eigenvalue weighted by molar-refractivity contribution is 6.09. The van der Waals surface area contributed by atoms with Gasteiger partial charge in [-0.05, 0) is 31.5 Å². The van der Waals surface area contributed by atoms with Crippen LogP contribution in [0, 0.1) is 11.3 Å². The Kier molecular flexibility index (Phi) is 5.39. The van der Waals surface area contributed by atoms with Crippen LogP contribution in [0.15, 0.2) is 24.3 Å². The van der Waals surface area contributed by atoms with E-state index < -0.39 is 23.4 Å². The molecule has 1 aromatic carbocycles. The van der Waals surface area contributed by atoms with Gasteiger partial charge in [-0.1, -0.05) is 12.1 Å². The lowest BCUT2D eigenvalue weighted by Crippen LogP contribution is -2.45. The molecule has 0 unspecified atom stereocenters. The number of nitrogens with one attached hydrogen (secondary N) is 2. The van der Waals surface area contributed by atoms with Crippen LogP contribution in [0.1, 0.15) is 25.0 Å². The van der Waals surface area contributed by atoms with Crippen molar-refractivity contribution in [2.45, 2.75) is 25.4 Å². The highest BCUT2D eigenvalue weighted by Gasteiger charge is 2.49. The normalized spacial score (nSPS) is 20.8. The molecule has 4 amide bonds. The molecule has 1 fully saturated rings. The van der Waals surface area contributed by atoms with Gasteiger partial charge in [0.15, 0.2) is 0 Å². The first-order valence-corrected chi connectivity index (χ1v) is 7.75. The molecule has 1 heterocycles. The molecule has 2 N–H and O–H groups in total. The molecule has 8 heteroatoms. The molecule has 0 radical (unpaired) electrons. The van der Waals surface area contributed by atoms with Crippen LogP contribution in [0.5, 0.6) is 0 Å². The lowest BCUT2D eigenvalue weighted by atomic mass is 9.91. The molecule has 0 saturated carbocycles. The molecule has 1 aliphatic rings. The fraction of sp³-hybridized carbons (Fsp3) is 0.412. The zero-order valence-corrected chi connectivity index (χ0v) is 14.3. The molecule has 0 bridgehead atoms. The summed E-state index contributed by atoms with van der Waals surface area (Å²) >= 11 is 0. The van der Waals surface area contributed by atoms with E-state index >= 15 is 0 Å². The smallest absolute Gasteiger partial charge is 0.325 e. The van der Waals surface area contributed by atoms with E-state index in [0.717, 1.165) is 4.90 Å². The Bertz CT molecular complexity index is 742. The van der Waals surface area contributed by atoms with Crippen LogP contribution < -0.4 is 10.6 Å². The predicted octanol–water partition coefficient (Wildman–Crippen LogP) is 0.476. The summed E-state index contributed by atoms with van der Waals surface area (Å²) in [4.78, 5) is 37.8. The predicted molar refractivity (Wildman–Crippen MR) is 88.2 cm³/mol. The third kappa shape index (κ3) is 3.78. The zero-order chi connectivity index (χ0) is 18.6. The molecule has 8 nitrogen and oxygen atoms in total. The fourth-order valence-corrected chi connectivity index (χ4v) is 2.69. The lowest BCUT2D eigenvalue weighted by Gasteiger charge is -2.22. The van der Waals surface area contributed by atoms with Gasteiger partial charge < -0.3 is 15.4 Å². The second kappa shape index (κ2) is 7.32. The van der Waals surface area contributed by atoms with Crippen molar-refractivity contribution in [1.29, 1.82) is 5.26 Å². The number of ether oxygens (including phenoxy) is 1. The number of nitriles is 1. The van der Waals surface area contributed by atoms with Crippen molar-refractivity contribution < 1.29 is 19.1 Å². The summed E-state index contributed by atoms with van der Waals surface area (Å²) in [6, 6.07) is 7.56. The van der Waals surface area contributed by atoms with Crippen molar-refractivity contribution in [3.63, 3.8) is 0 Å². The molecular formula is C17H20N4O4. The molecule has 0 aromatic heterocycles. The van der Waals surface area contributed by atoms with E-state index in [1.54, 1.807) is 38.1 Å². The van der Waals surface area contributed by atoms with Gasteiger partial charge in [0.05, 0.1) is 18.2 Å². The average molecular weight is 344 g/mol. The van der Waals surface area contributed by atoms with Crippen molar-refractivity contribution in [1.82, 2.24) is 15.5 Å². The number of nitrogens with zero attached hydrogens (tertiary/aromatic N) is 2. The van der Waals surface area contributed by atoms with E-state index in [1.807, 2.05) is 6.07 Å². The van der Waals surface area contributed by atoms with Crippen molar-refractivity contribution in [2.75, 3.05) is 20.3 Å². The van der Waals surface area contributed by atoms with Gasteiger partial charge in [-0.3, -0.25) is 14.5 Å². The van der Waals surface area contributed by atoms with Crippen molar-refractivity contribution >= 4 is 17.8 Å². The van der Waals surface area contributed by atoms with Crippen molar-refractivity contribution in [2.24, 2.45) is 0 Å². The quantitative estimate of drug-likeness (QED) is 0.729. The molecule has 2 rings (SSSR count). The first kappa shape index (κ1) is 18.4. The van der Waals surface area contributed by atoms with Crippen LogP contribution in [-0.2, 0) is 19.9 Å². The number of hydrogen-bond donors (Lipinski definition) is 2. The van der Waals surface area contributed by atoms with E-state index in [-0.39, 0.29) is 12.6 Å². The maximum absolute atomic E-state index is 12.7. The number of hydrogen-bond acceptors (Lipinski definition) is 5. The number of imide groups is 1. The number of rotatable bonds is 6. The SMILES string of the molecule is COC[C@H](C)NC(=O)CN1C(=O)N[C@](C)(c2cccc(C#N)c2)C1=O. The third-order valence-electron chi connectivity index (χ3n) is 3.97. The summed E-state index contributed by atoms with van der Waals surface area (Å²) in [5.41, 5.74) is -0.451. The molecule has 25 heavy (non-hydrogen) atoms. The summed E-state index contributed by atoms with van der Waals surface area (Å²) in [6.45, 7) is 3.25. The Balaban J connectivity index is 2.16. The van der Waals surface area contributed by atoms with Crippen molar-refractivity contribution in [3.8, 4) is 6.07 Å². The second-order valence-electron chi connectivity index (χ2n) is 6.06. The maximum atomic E-state index is 12.7. The number of carbonyl (C=O) groups is 3. The highest BCUT2D eigenvalue weighted by Crippen LogP contribution is 2.29. The number of benzene rings is 1. The fourth-order valence-electron chi connectivity index (χ4n) is 2.69. The Morgan fingerprint density at radius 3 is 2.84 bits per heavy atom. The largest absolute Gasteiger partial charge is 0.383 e. The number of amides is 4. The molecule has 1 saturated heterocycles. The van der Waals surface area contributed by atoms with Gasteiger partial charge in [-0.15, -0.1) is 0 Å². The summed E-state index contributed by atoms with van der Waals surface area (Å²) in [7, 11) is 1.51. The topological polar surface area (TPSA) is 112 Å². The van der Waals surface area contributed by atoms with E-state index in [0.29, 0.717) is 17.7 Å².